The maximum atomic E-state index is 12.7. The number of amides is 1. The minimum Gasteiger partial charge on any atom is -0.438 e. The van der Waals surface area contributed by atoms with Crippen LogP contribution in [0.3, 0.4) is 0 Å². The Morgan fingerprint density at radius 3 is 2.55 bits per heavy atom. The van der Waals surface area contributed by atoms with Crippen LogP contribution >= 0.6 is 0 Å². The number of piperidine rings is 1. The Hall–Kier alpha value is -2.36. The number of rotatable bonds is 3. The summed E-state index contributed by atoms with van der Waals surface area (Å²) in [6.07, 6.45) is 4.99. The molecule has 0 bridgehead atoms. The molecule has 1 aliphatic rings. The number of nitrogens with zero attached hydrogens (tertiary/aromatic N) is 2. The fourth-order valence-corrected chi connectivity index (χ4v) is 2.62. The summed E-state index contributed by atoms with van der Waals surface area (Å²) < 4.78 is 5.82. The van der Waals surface area contributed by atoms with Crippen molar-refractivity contribution in [2.45, 2.75) is 26.2 Å². The van der Waals surface area contributed by atoms with Crippen molar-refractivity contribution in [3.63, 3.8) is 0 Å². The number of likely N-dealkylation sites (tertiary alicyclic amines) is 1. The first-order valence-electron chi connectivity index (χ1n) is 7.73. The van der Waals surface area contributed by atoms with Gasteiger partial charge in [0.25, 0.3) is 5.91 Å². The summed E-state index contributed by atoms with van der Waals surface area (Å²) in [5.41, 5.74) is 1.70. The molecule has 1 aliphatic heterocycles. The van der Waals surface area contributed by atoms with Crippen LogP contribution in [-0.2, 0) is 0 Å². The van der Waals surface area contributed by atoms with Crippen LogP contribution in [0.4, 0.5) is 0 Å². The largest absolute Gasteiger partial charge is 0.438 e. The van der Waals surface area contributed by atoms with E-state index < -0.39 is 0 Å². The summed E-state index contributed by atoms with van der Waals surface area (Å²) in [6, 6.07) is 11.3. The second-order valence-corrected chi connectivity index (χ2v) is 5.62. The van der Waals surface area contributed by atoms with Gasteiger partial charge >= 0.3 is 0 Å². The van der Waals surface area contributed by atoms with Gasteiger partial charge in [0, 0.05) is 19.3 Å². The van der Waals surface area contributed by atoms with Crippen LogP contribution in [-0.4, -0.2) is 28.9 Å². The summed E-state index contributed by atoms with van der Waals surface area (Å²) in [5.74, 6) is 1.08. The number of aromatic nitrogens is 1. The first-order valence-corrected chi connectivity index (χ1v) is 7.73. The van der Waals surface area contributed by atoms with E-state index in [1.807, 2.05) is 36.1 Å². The zero-order valence-electron chi connectivity index (χ0n) is 12.8. The predicted octanol–water partition coefficient (Wildman–Crippen LogP) is 3.81. The van der Waals surface area contributed by atoms with Gasteiger partial charge in [0.15, 0.2) is 0 Å². The fraction of sp³-hybridized carbons (Fsp3) is 0.333. The lowest BCUT2D eigenvalue weighted by atomic mass is 10.1. The van der Waals surface area contributed by atoms with Gasteiger partial charge in [-0.05, 0) is 50.5 Å². The normalized spacial score (nSPS) is 14.7. The highest BCUT2D eigenvalue weighted by Gasteiger charge is 2.22. The summed E-state index contributed by atoms with van der Waals surface area (Å²) in [6.45, 7) is 3.66. The quantitative estimate of drug-likeness (QED) is 0.865. The van der Waals surface area contributed by atoms with Crippen LogP contribution in [0, 0.1) is 6.92 Å². The van der Waals surface area contributed by atoms with Crippen LogP contribution in [0.5, 0.6) is 11.6 Å². The number of pyridine rings is 1. The molecule has 0 unspecified atom stereocenters. The number of hydrogen-bond acceptors (Lipinski definition) is 3. The van der Waals surface area contributed by atoms with Gasteiger partial charge in [-0.25, -0.2) is 4.98 Å². The molecule has 0 N–H and O–H groups in total. The molecule has 1 amide bonds. The molecule has 4 nitrogen and oxygen atoms in total. The summed E-state index contributed by atoms with van der Waals surface area (Å²) in [5, 5.41) is 0. The molecule has 1 saturated heterocycles. The lowest BCUT2D eigenvalue weighted by Crippen LogP contribution is -2.35. The van der Waals surface area contributed by atoms with Gasteiger partial charge in [0.2, 0.25) is 5.88 Å². The van der Waals surface area contributed by atoms with E-state index in [-0.39, 0.29) is 5.91 Å². The smallest absolute Gasteiger partial charge is 0.259 e. The highest BCUT2D eigenvalue weighted by atomic mass is 16.5. The molecule has 1 aromatic carbocycles. The van der Waals surface area contributed by atoms with Crippen molar-refractivity contribution in [2.24, 2.45) is 0 Å². The van der Waals surface area contributed by atoms with Gasteiger partial charge in [0.1, 0.15) is 11.3 Å². The maximum absolute atomic E-state index is 12.7. The first kappa shape index (κ1) is 14.6. The topological polar surface area (TPSA) is 42.4 Å². The van der Waals surface area contributed by atoms with E-state index in [4.69, 9.17) is 4.74 Å². The molecule has 1 aromatic heterocycles. The molecule has 0 spiro atoms. The summed E-state index contributed by atoms with van der Waals surface area (Å²) in [4.78, 5) is 18.8. The Morgan fingerprint density at radius 1 is 1.09 bits per heavy atom. The van der Waals surface area contributed by atoms with Gasteiger partial charge in [-0.15, -0.1) is 0 Å². The van der Waals surface area contributed by atoms with Gasteiger partial charge in [0.05, 0.1) is 0 Å². The molecule has 2 aromatic rings. The van der Waals surface area contributed by atoms with Crippen molar-refractivity contribution < 1.29 is 9.53 Å². The van der Waals surface area contributed by atoms with Crippen molar-refractivity contribution in [3.05, 3.63) is 53.7 Å². The summed E-state index contributed by atoms with van der Waals surface area (Å²) in [7, 11) is 0. The van der Waals surface area contributed by atoms with E-state index in [0.717, 1.165) is 31.5 Å². The number of benzene rings is 1. The average Bonchev–Trinajstić information content (AvgIpc) is 2.58. The molecule has 3 rings (SSSR count). The first-order chi connectivity index (χ1) is 10.7. The Bertz CT molecular complexity index is 646. The molecule has 4 heteroatoms. The minimum absolute atomic E-state index is 0.00918. The Kier molecular flexibility index (Phi) is 4.37. The standard InChI is InChI=1S/C18H20N2O2/c1-14-7-9-15(10-8-14)22-17-16(6-5-11-19-17)18(21)20-12-3-2-4-13-20/h5-11H,2-4,12-13H2,1H3. The van der Waals surface area contributed by atoms with Crippen LogP contribution in [0.15, 0.2) is 42.6 Å². The minimum atomic E-state index is 0.00918. The lowest BCUT2D eigenvalue weighted by molar-refractivity contribution is 0.0721. The number of aryl methyl sites for hydroxylation is 1. The molecular formula is C18H20N2O2. The van der Waals surface area contributed by atoms with E-state index >= 15 is 0 Å². The second-order valence-electron chi connectivity index (χ2n) is 5.62. The molecule has 0 radical (unpaired) electrons. The van der Waals surface area contributed by atoms with E-state index in [2.05, 4.69) is 4.98 Å². The summed E-state index contributed by atoms with van der Waals surface area (Å²) >= 11 is 0. The van der Waals surface area contributed by atoms with Gasteiger partial charge in [-0.2, -0.15) is 0 Å². The monoisotopic (exact) mass is 296 g/mol. The van der Waals surface area contributed by atoms with E-state index in [0.29, 0.717) is 17.2 Å². The SMILES string of the molecule is Cc1ccc(Oc2ncccc2C(=O)N2CCCCC2)cc1. The van der Waals surface area contributed by atoms with Crippen molar-refractivity contribution >= 4 is 5.91 Å². The molecule has 2 heterocycles. The Morgan fingerprint density at radius 2 is 1.82 bits per heavy atom. The third kappa shape index (κ3) is 3.27. The van der Waals surface area contributed by atoms with Crippen molar-refractivity contribution in [1.29, 1.82) is 0 Å². The van der Waals surface area contributed by atoms with Gasteiger partial charge in [-0.3, -0.25) is 4.79 Å². The Balaban J connectivity index is 1.82. The van der Waals surface area contributed by atoms with Gasteiger partial charge in [-0.1, -0.05) is 17.7 Å². The van der Waals surface area contributed by atoms with Crippen molar-refractivity contribution in [3.8, 4) is 11.6 Å². The van der Waals surface area contributed by atoms with E-state index in [9.17, 15) is 4.79 Å². The fourth-order valence-electron chi connectivity index (χ4n) is 2.62. The third-order valence-electron chi connectivity index (χ3n) is 3.88. The lowest BCUT2D eigenvalue weighted by Gasteiger charge is -2.27. The molecule has 22 heavy (non-hydrogen) atoms. The number of ether oxygens (including phenoxy) is 1. The third-order valence-corrected chi connectivity index (χ3v) is 3.88. The van der Waals surface area contributed by atoms with E-state index in [1.54, 1.807) is 18.3 Å². The predicted molar refractivity (Wildman–Crippen MR) is 85.2 cm³/mol. The van der Waals surface area contributed by atoms with Gasteiger partial charge < -0.3 is 9.64 Å². The molecular weight excluding hydrogens is 276 g/mol. The van der Waals surface area contributed by atoms with Crippen LogP contribution in [0.25, 0.3) is 0 Å². The number of carbonyl (C=O) groups is 1. The maximum Gasteiger partial charge on any atom is 0.259 e. The van der Waals surface area contributed by atoms with Crippen LogP contribution in [0.1, 0.15) is 35.2 Å². The second kappa shape index (κ2) is 6.60. The molecule has 0 atom stereocenters. The van der Waals surface area contributed by atoms with Crippen molar-refractivity contribution in [2.75, 3.05) is 13.1 Å². The highest BCUT2D eigenvalue weighted by Crippen LogP contribution is 2.25. The molecule has 1 fully saturated rings. The van der Waals surface area contributed by atoms with Crippen molar-refractivity contribution in [1.82, 2.24) is 9.88 Å². The van der Waals surface area contributed by atoms with Crippen LogP contribution in [0.2, 0.25) is 0 Å². The zero-order chi connectivity index (χ0) is 15.4. The zero-order valence-corrected chi connectivity index (χ0v) is 12.8. The molecule has 0 saturated carbocycles. The molecule has 114 valence electrons. The number of hydrogen-bond donors (Lipinski definition) is 0. The van der Waals surface area contributed by atoms with Crippen LogP contribution < -0.4 is 4.74 Å². The Labute approximate surface area is 130 Å². The highest BCUT2D eigenvalue weighted by molar-refractivity contribution is 5.96. The molecule has 0 aliphatic carbocycles. The average molecular weight is 296 g/mol. The van der Waals surface area contributed by atoms with E-state index in [1.165, 1.54) is 6.42 Å². The number of carbonyl (C=O) groups excluding carboxylic acids is 1.